The number of hydrogen-bond acceptors (Lipinski definition) is 5. The van der Waals surface area contributed by atoms with Crippen molar-refractivity contribution in [1.82, 2.24) is 20.0 Å². The Hall–Kier alpha value is -2.34. The summed E-state index contributed by atoms with van der Waals surface area (Å²) >= 11 is 6.56. The fourth-order valence-electron chi connectivity index (χ4n) is 2.37. The quantitative estimate of drug-likeness (QED) is 0.732. The predicted molar refractivity (Wildman–Crippen MR) is 89.1 cm³/mol. The number of aromatic nitrogens is 4. The van der Waals surface area contributed by atoms with Gasteiger partial charge in [-0.25, -0.2) is 9.67 Å². The van der Waals surface area contributed by atoms with Gasteiger partial charge in [0.2, 0.25) is 5.75 Å². The molecule has 0 bridgehead atoms. The highest BCUT2D eigenvalue weighted by molar-refractivity contribution is 6.37. The van der Waals surface area contributed by atoms with Gasteiger partial charge in [0.15, 0.2) is 0 Å². The molecule has 0 saturated heterocycles. The van der Waals surface area contributed by atoms with Gasteiger partial charge in [0.1, 0.15) is 0 Å². The molecule has 23 heavy (non-hydrogen) atoms. The maximum Gasteiger partial charge on any atom is 0.258 e. The van der Waals surface area contributed by atoms with Gasteiger partial charge >= 0.3 is 0 Å². The average molecular weight is 333 g/mol. The number of halogens is 1. The second-order valence-corrected chi connectivity index (χ2v) is 5.78. The van der Waals surface area contributed by atoms with Crippen molar-refractivity contribution < 1.29 is 9.47 Å². The smallest absolute Gasteiger partial charge is 0.258 e. The standard InChI is InChI=1S/C16H17ClN4O2/c1-9(2)23-15-14(17)11-7-10(13-8-18-20-21(13)3)5-6-12(11)19-16(15)22-4/h5-9H,1-4H3. The van der Waals surface area contributed by atoms with Gasteiger partial charge < -0.3 is 9.47 Å². The number of benzene rings is 1. The number of ether oxygens (including phenoxy) is 2. The molecule has 0 radical (unpaired) electrons. The number of hydrogen-bond donors (Lipinski definition) is 0. The lowest BCUT2D eigenvalue weighted by Gasteiger charge is -2.16. The zero-order valence-electron chi connectivity index (χ0n) is 13.4. The SMILES string of the molecule is COc1nc2ccc(-c3cnnn3C)cc2c(Cl)c1OC(C)C. The van der Waals surface area contributed by atoms with Gasteiger partial charge in [-0.15, -0.1) is 5.10 Å². The first-order chi connectivity index (χ1) is 11.0. The molecule has 2 aromatic heterocycles. The Balaban J connectivity index is 2.22. The van der Waals surface area contributed by atoms with Crippen LogP contribution < -0.4 is 9.47 Å². The highest BCUT2D eigenvalue weighted by atomic mass is 35.5. The van der Waals surface area contributed by atoms with E-state index in [1.54, 1.807) is 18.0 Å². The average Bonchev–Trinajstić information content (AvgIpc) is 2.95. The van der Waals surface area contributed by atoms with E-state index in [0.29, 0.717) is 16.7 Å². The van der Waals surface area contributed by atoms with Crippen LogP contribution in [0.25, 0.3) is 22.2 Å². The summed E-state index contributed by atoms with van der Waals surface area (Å²) < 4.78 is 12.8. The fourth-order valence-corrected chi connectivity index (χ4v) is 2.65. The number of pyridine rings is 1. The molecule has 0 atom stereocenters. The zero-order chi connectivity index (χ0) is 16.6. The van der Waals surface area contributed by atoms with E-state index >= 15 is 0 Å². The zero-order valence-corrected chi connectivity index (χ0v) is 14.1. The molecule has 0 unspecified atom stereocenters. The number of aryl methyl sites for hydroxylation is 1. The molecule has 0 fully saturated rings. The third-order valence-corrected chi connectivity index (χ3v) is 3.78. The molecule has 1 aromatic carbocycles. The highest BCUT2D eigenvalue weighted by Crippen LogP contribution is 2.40. The third-order valence-electron chi connectivity index (χ3n) is 3.41. The van der Waals surface area contributed by atoms with Gasteiger partial charge in [0.25, 0.3) is 5.88 Å². The molecule has 120 valence electrons. The molecular weight excluding hydrogens is 316 g/mol. The summed E-state index contributed by atoms with van der Waals surface area (Å²) in [6.07, 6.45) is 1.67. The maximum absolute atomic E-state index is 6.56. The normalized spacial score (nSPS) is 11.2. The van der Waals surface area contributed by atoms with Crippen LogP contribution in [-0.4, -0.2) is 33.2 Å². The fraction of sp³-hybridized carbons (Fsp3) is 0.312. The molecule has 7 heteroatoms. The number of nitrogens with zero attached hydrogens (tertiary/aromatic N) is 4. The van der Waals surface area contributed by atoms with Crippen molar-refractivity contribution in [2.75, 3.05) is 7.11 Å². The first-order valence-electron chi connectivity index (χ1n) is 7.20. The van der Waals surface area contributed by atoms with Crippen molar-refractivity contribution in [3.63, 3.8) is 0 Å². The summed E-state index contributed by atoms with van der Waals surface area (Å²) in [6.45, 7) is 3.86. The molecule has 0 aliphatic heterocycles. The summed E-state index contributed by atoms with van der Waals surface area (Å²) in [4.78, 5) is 4.48. The Morgan fingerprint density at radius 3 is 2.65 bits per heavy atom. The highest BCUT2D eigenvalue weighted by Gasteiger charge is 2.18. The van der Waals surface area contributed by atoms with E-state index in [9.17, 15) is 0 Å². The van der Waals surface area contributed by atoms with Crippen LogP contribution in [0.3, 0.4) is 0 Å². The summed E-state index contributed by atoms with van der Waals surface area (Å²) in [5.74, 6) is 0.836. The minimum atomic E-state index is -0.0369. The third kappa shape index (κ3) is 2.82. The first kappa shape index (κ1) is 15.6. The van der Waals surface area contributed by atoms with E-state index in [1.807, 2.05) is 39.1 Å². The van der Waals surface area contributed by atoms with Crippen LogP contribution in [0.15, 0.2) is 24.4 Å². The van der Waals surface area contributed by atoms with Crippen LogP contribution in [0.1, 0.15) is 13.8 Å². The molecule has 2 heterocycles. The molecule has 0 aliphatic rings. The van der Waals surface area contributed by atoms with Crippen molar-refractivity contribution in [3.05, 3.63) is 29.4 Å². The summed E-state index contributed by atoms with van der Waals surface area (Å²) in [6, 6.07) is 5.80. The molecule has 0 N–H and O–H groups in total. The van der Waals surface area contributed by atoms with Crippen LogP contribution >= 0.6 is 11.6 Å². The van der Waals surface area contributed by atoms with Gasteiger partial charge in [0.05, 0.1) is 35.6 Å². The monoisotopic (exact) mass is 332 g/mol. The maximum atomic E-state index is 6.56. The molecule has 0 saturated carbocycles. The van der Waals surface area contributed by atoms with E-state index in [4.69, 9.17) is 21.1 Å². The van der Waals surface area contributed by atoms with Crippen molar-refractivity contribution in [2.24, 2.45) is 7.05 Å². The molecule has 3 aromatic rings. The molecule has 0 spiro atoms. The Kier molecular flexibility index (Phi) is 4.09. The van der Waals surface area contributed by atoms with Crippen molar-refractivity contribution >= 4 is 22.5 Å². The molecule has 0 aliphatic carbocycles. The van der Waals surface area contributed by atoms with Gasteiger partial charge in [-0.05, 0) is 26.0 Å². The van der Waals surface area contributed by atoms with Gasteiger partial charge in [-0.3, -0.25) is 0 Å². The van der Waals surface area contributed by atoms with E-state index in [0.717, 1.165) is 22.2 Å². The number of fused-ring (bicyclic) bond motifs is 1. The lowest BCUT2D eigenvalue weighted by atomic mass is 10.1. The summed E-state index contributed by atoms with van der Waals surface area (Å²) in [5.41, 5.74) is 2.58. The van der Waals surface area contributed by atoms with Gasteiger partial charge in [-0.2, -0.15) is 0 Å². The minimum absolute atomic E-state index is 0.0369. The molecule has 3 rings (SSSR count). The van der Waals surface area contributed by atoms with Gasteiger partial charge in [-0.1, -0.05) is 22.9 Å². The second kappa shape index (κ2) is 6.04. The van der Waals surface area contributed by atoms with Crippen LogP contribution in [0.5, 0.6) is 11.6 Å². The minimum Gasteiger partial charge on any atom is -0.484 e. The first-order valence-corrected chi connectivity index (χ1v) is 7.58. The van der Waals surface area contributed by atoms with Crippen LogP contribution in [-0.2, 0) is 7.05 Å². The Morgan fingerprint density at radius 1 is 1.26 bits per heavy atom. The van der Waals surface area contributed by atoms with Crippen molar-refractivity contribution in [1.29, 1.82) is 0 Å². The van der Waals surface area contributed by atoms with E-state index in [-0.39, 0.29) is 6.10 Å². The van der Waals surface area contributed by atoms with Crippen molar-refractivity contribution in [3.8, 4) is 22.9 Å². The summed E-state index contributed by atoms with van der Waals surface area (Å²) in [5, 5.41) is 9.13. The van der Waals surface area contributed by atoms with E-state index < -0.39 is 0 Å². The topological polar surface area (TPSA) is 62.1 Å². The number of methoxy groups -OCH3 is 1. The van der Waals surface area contributed by atoms with Gasteiger partial charge in [0, 0.05) is 18.0 Å². The van der Waals surface area contributed by atoms with Crippen LogP contribution in [0.2, 0.25) is 5.02 Å². The van der Waals surface area contributed by atoms with E-state index in [1.165, 1.54) is 0 Å². The molecule has 0 amide bonds. The lowest BCUT2D eigenvalue weighted by Crippen LogP contribution is -2.08. The summed E-state index contributed by atoms with van der Waals surface area (Å²) in [7, 11) is 3.39. The lowest BCUT2D eigenvalue weighted by molar-refractivity contribution is 0.228. The Morgan fingerprint density at radius 2 is 2.04 bits per heavy atom. The van der Waals surface area contributed by atoms with Crippen LogP contribution in [0, 0.1) is 0 Å². The second-order valence-electron chi connectivity index (χ2n) is 5.41. The predicted octanol–water partition coefficient (Wildman–Crippen LogP) is 3.48. The van der Waals surface area contributed by atoms with E-state index in [2.05, 4.69) is 15.3 Å². The van der Waals surface area contributed by atoms with Crippen molar-refractivity contribution in [2.45, 2.75) is 20.0 Å². The van der Waals surface area contributed by atoms with Crippen LogP contribution in [0.4, 0.5) is 0 Å². The Labute approximate surface area is 139 Å². The number of rotatable bonds is 4. The molecular formula is C16H17ClN4O2. The largest absolute Gasteiger partial charge is 0.484 e. The molecule has 6 nitrogen and oxygen atoms in total. The Bertz CT molecular complexity index is 861.